The Hall–Kier alpha value is -1.77. The van der Waals surface area contributed by atoms with Crippen LogP contribution in [0.1, 0.15) is 10.9 Å². The van der Waals surface area contributed by atoms with Crippen LogP contribution in [0, 0.1) is 5.82 Å². The van der Waals surface area contributed by atoms with Gasteiger partial charge in [-0.25, -0.2) is 4.39 Å². The highest BCUT2D eigenvalue weighted by atomic mass is 79.9. The molecule has 0 aliphatic carbocycles. The molecule has 0 saturated carbocycles. The molecular formula is C18H17BrFNO4S. The third-order valence-corrected chi connectivity index (χ3v) is 5.65. The van der Waals surface area contributed by atoms with E-state index in [0.29, 0.717) is 30.5 Å². The molecule has 0 bridgehead atoms. The Morgan fingerprint density at radius 2 is 1.96 bits per heavy atom. The minimum Gasteiger partial charge on any atom is -0.490 e. The van der Waals surface area contributed by atoms with Gasteiger partial charge >= 0.3 is 5.97 Å². The lowest BCUT2D eigenvalue weighted by atomic mass is 10.2. The average molecular weight is 442 g/mol. The first kappa shape index (κ1) is 19.0. The molecule has 0 radical (unpaired) electrons. The topological polar surface area (TPSA) is 67.8 Å². The zero-order valence-electron chi connectivity index (χ0n) is 13.7. The fourth-order valence-corrected chi connectivity index (χ4v) is 4.18. The van der Waals surface area contributed by atoms with Gasteiger partial charge in [0.05, 0.1) is 9.85 Å². The van der Waals surface area contributed by atoms with Crippen LogP contribution in [0.4, 0.5) is 4.39 Å². The third kappa shape index (κ3) is 4.90. The summed E-state index contributed by atoms with van der Waals surface area (Å²) in [6, 6.07) is 11.0. The standard InChI is InChI=1S/C18H17BrFNO4S/c19-14-9-11(17-21-15(10-26-17)18(22)23)1-6-16(14)25-8-7-24-13-4-2-12(20)3-5-13/h1-6,9,15,17,21H,7-8,10H2,(H,22,23). The molecule has 1 fully saturated rings. The van der Waals surface area contributed by atoms with Crippen molar-refractivity contribution in [1.29, 1.82) is 0 Å². The molecule has 3 rings (SSSR count). The van der Waals surface area contributed by atoms with Crippen molar-refractivity contribution in [3.05, 3.63) is 58.3 Å². The summed E-state index contributed by atoms with van der Waals surface area (Å²) in [5.41, 5.74) is 0.987. The van der Waals surface area contributed by atoms with Crippen molar-refractivity contribution >= 4 is 33.7 Å². The molecule has 5 nitrogen and oxygen atoms in total. The van der Waals surface area contributed by atoms with Gasteiger partial charge in [0.15, 0.2) is 0 Å². The minimum absolute atomic E-state index is 0.0525. The number of carbonyl (C=O) groups is 1. The molecule has 2 atom stereocenters. The molecule has 26 heavy (non-hydrogen) atoms. The Balaban J connectivity index is 1.50. The van der Waals surface area contributed by atoms with E-state index in [1.807, 2.05) is 18.2 Å². The highest BCUT2D eigenvalue weighted by molar-refractivity contribution is 9.10. The summed E-state index contributed by atoms with van der Waals surface area (Å²) < 4.78 is 24.8. The normalized spacial score (nSPS) is 19.3. The Bertz CT molecular complexity index is 774. The summed E-state index contributed by atoms with van der Waals surface area (Å²) in [4.78, 5) is 11.0. The molecular weight excluding hydrogens is 425 g/mol. The predicted octanol–water partition coefficient (Wildman–Crippen LogP) is 3.83. The first-order valence-corrected chi connectivity index (χ1v) is 9.78. The lowest BCUT2D eigenvalue weighted by Gasteiger charge is -2.14. The van der Waals surface area contributed by atoms with E-state index in [-0.39, 0.29) is 11.2 Å². The molecule has 0 spiro atoms. The molecule has 1 saturated heterocycles. The van der Waals surface area contributed by atoms with Gasteiger partial charge < -0.3 is 14.6 Å². The van der Waals surface area contributed by atoms with Crippen molar-refractivity contribution in [2.75, 3.05) is 19.0 Å². The van der Waals surface area contributed by atoms with E-state index in [1.165, 1.54) is 12.1 Å². The van der Waals surface area contributed by atoms with E-state index in [4.69, 9.17) is 14.6 Å². The number of thioether (sulfide) groups is 1. The number of benzene rings is 2. The first-order valence-electron chi connectivity index (χ1n) is 7.94. The average Bonchev–Trinajstić information content (AvgIpc) is 3.12. The molecule has 1 heterocycles. The van der Waals surface area contributed by atoms with Gasteiger partial charge in [0.2, 0.25) is 0 Å². The molecule has 2 aromatic carbocycles. The second kappa shape index (κ2) is 8.75. The second-order valence-corrected chi connectivity index (χ2v) is 7.60. The highest BCUT2D eigenvalue weighted by Gasteiger charge is 2.30. The van der Waals surface area contributed by atoms with Gasteiger partial charge in [0, 0.05) is 5.75 Å². The van der Waals surface area contributed by atoms with E-state index in [1.54, 1.807) is 23.9 Å². The van der Waals surface area contributed by atoms with Gasteiger partial charge in [-0.05, 0) is 57.9 Å². The van der Waals surface area contributed by atoms with Crippen molar-refractivity contribution < 1.29 is 23.8 Å². The summed E-state index contributed by atoms with van der Waals surface area (Å²) in [7, 11) is 0. The van der Waals surface area contributed by atoms with E-state index in [9.17, 15) is 9.18 Å². The molecule has 2 aromatic rings. The molecule has 2 unspecified atom stereocenters. The maximum Gasteiger partial charge on any atom is 0.321 e. The largest absolute Gasteiger partial charge is 0.490 e. The van der Waals surface area contributed by atoms with Crippen LogP contribution in [-0.4, -0.2) is 36.1 Å². The first-order chi connectivity index (χ1) is 12.5. The van der Waals surface area contributed by atoms with Crippen LogP contribution < -0.4 is 14.8 Å². The Labute approximate surface area is 163 Å². The van der Waals surface area contributed by atoms with Gasteiger partial charge in [0.1, 0.15) is 36.6 Å². The number of nitrogens with one attached hydrogen (secondary N) is 1. The molecule has 0 aromatic heterocycles. The number of rotatable bonds is 7. The maximum absolute atomic E-state index is 12.8. The second-order valence-electron chi connectivity index (χ2n) is 5.61. The Kier molecular flexibility index (Phi) is 6.39. The fraction of sp³-hybridized carbons (Fsp3) is 0.278. The Morgan fingerprint density at radius 3 is 2.62 bits per heavy atom. The monoisotopic (exact) mass is 441 g/mol. The van der Waals surface area contributed by atoms with Crippen LogP contribution in [0.15, 0.2) is 46.9 Å². The van der Waals surface area contributed by atoms with E-state index in [0.717, 1.165) is 10.0 Å². The van der Waals surface area contributed by atoms with Crippen molar-refractivity contribution in [1.82, 2.24) is 5.32 Å². The van der Waals surface area contributed by atoms with Crippen LogP contribution in [0.2, 0.25) is 0 Å². The molecule has 138 valence electrons. The molecule has 0 amide bonds. The van der Waals surface area contributed by atoms with Crippen LogP contribution >= 0.6 is 27.7 Å². The summed E-state index contributed by atoms with van der Waals surface area (Å²) in [5.74, 6) is 0.662. The van der Waals surface area contributed by atoms with Crippen LogP contribution in [0.25, 0.3) is 0 Å². The van der Waals surface area contributed by atoms with Crippen molar-refractivity contribution in [2.45, 2.75) is 11.4 Å². The number of ether oxygens (including phenoxy) is 2. The predicted molar refractivity (Wildman–Crippen MR) is 101 cm³/mol. The van der Waals surface area contributed by atoms with E-state index < -0.39 is 12.0 Å². The number of halogens is 2. The molecule has 8 heteroatoms. The summed E-state index contributed by atoms with van der Waals surface area (Å²) in [6.45, 7) is 0.674. The van der Waals surface area contributed by atoms with Gasteiger partial charge in [-0.15, -0.1) is 11.8 Å². The fourth-order valence-electron chi connectivity index (χ4n) is 2.45. The van der Waals surface area contributed by atoms with E-state index >= 15 is 0 Å². The number of carboxylic acids is 1. The number of aliphatic carboxylic acids is 1. The summed E-state index contributed by atoms with van der Waals surface area (Å²) in [6.07, 6.45) is 0. The number of hydrogen-bond acceptors (Lipinski definition) is 5. The third-order valence-electron chi connectivity index (χ3n) is 3.76. The van der Waals surface area contributed by atoms with Gasteiger partial charge in [-0.1, -0.05) is 6.07 Å². The van der Waals surface area contributed by atoms with Gasteiger partial charge in [0.25, 0.3) is 0 Å². The van der Waals surface area contributed by atoms with Gasteiger partial charge in [-0.2, -0.15) is 0 Å². The van der Waals surface area contributed by atoms with Crippen LogP contribution in [-0.2, 0) is 4.79 Å². The van der Waals surface area contributed by atoms with Crippen molar-refractivity contribution in [3.63, 3.8) is 0 Å². The number of hydrogen-bond donors (Lipinski definition) is 2. The van der Waals surface area contributed by atoms with Crippen LogP contribution in [0.5, 0.6) is 11.5 Å². The minimum atomic E-state index is -0.833. The highest BCUT2D eigenvalue weighted by Crippen LogP contribution is 2.36. The molecule has 1 aliphatic rings. The smallest absolute Gasteiger partial charge is 0.321 e. The SMILES string of the molecule is O=C(O)C1CSC(c2ccc(OCCOc3ccc(F)cc3)c(Br)c2)N1. The number of carboxylic acid groups (broad SMARTS) is 1. The zero-order chi connectivity index (χ0) is 18.5. The van der Waals surface area contributed by atoms with Crippen molar-refractivity contribution in [3.8, 4) is 11.5 Å². The molecule has 2 N–H and O–H groups in total. The lowest BCUT2D eigenvalue weighted by Crippen LogP contribution is -2.33. The van der Waals surface area contributed by atoms with E-state index in [2.05, 4.69) is 21.2 Å². The van der Waals surface area contributed by atoms with Crippen molar-refractivity contribution in [2.24, 2.45) is 0 Å². The quantitative estimate of drug-likeness (QED) is 0.636. The summed E-state index contributed by atoms with van der Waals surface area (Å²) in [5, 5.41) is 12.1. The lowest BCUT2D eigenvalue weighted by molar-refractivity contribution is -0.138. The van der Waals surface area contributed by atoms with Crippen LogP contribution in [0.3, 0.4) is 0 Å². The summed E-state index contributed by atoms with van der Waals surface area (Å²) >= 11 is 5.05. The Morgan fingerprint density at radius 1 is 1.23 bits per heavy atom. The molecule has 1 aliphatic heterocycles. The maximum atomic E-state index is 12.8. The zero-order valence-corrected chi connectivity index (χ0v) is 16.1. The van der Waals surface area contributed by atoms with Gasteiger partial charge in [-0.3, -0.25) is 10.1 Å².